The van der Waals surface area contributed by atoms with Gasteiger partial charge in [-0.2, -0.15) is 10.2 Å². The number of hydrogen-bond donors (Lipinski definition) is 0. The molecule has 0 spiro atoms. The van der Waals surface area contributed by atoms with Crippen LogP contribution >= 0.6 is 0 Å². The minimum Gasteiger partial charge on any atom is -0.496 e. The zero-order chi connectivity index (χ0) is 21.1. The van der Waals surface area contributed by atoms with E-state index < -0.39 is 0 Å². The van der Waals surface area contributed by atoms with Crippen LogP contribution in [0.15, 0.2) is 48.8 Å². The van der Waals surface area contributed by atoms with Gasteiger partial charge >= 0.3 is 0 Å². The Kier molecular flexibility index (Phi) is 3.89. The lowest BCUT2D eigenvalue weighted by molar-refractivity contribution is 0.0635. The highest BCUT2D eigenvalue weighted by molar-refractivity contribution is 5.93. The van der Waals surface area contributed by atoms with Gasteiger partial charge in [0.15, 0.2) is 5.65 Å². The number of amides is 1. The van der Waals surface area contributed by atoms with Crippen LogP contribution in [0.3, 0.4) is 0 Å². The minimum atomic E-state index is -0.00553. The number of nitrogens with zero attached hydrogens (tertiary/aromatic N) is 6. The lowest BCUT2D eigenvalue weighted by Gasteiger charge is -2.35. The van der Waals surface area contributed by atoms with Gasteiger partial charge in [0.25, 0.3) is 5.91 Å². The number of benzene rings is 1. The monoisotopic (exact) mass is 414 g/mol. The molecule has 2 aliphatic rings. The summed E-state index contributed by atoms with van der Waals surface area (Å²) < 4.78 is 9.13. The van der Waals surface area contributed by atoms with Crippen molar-refractivity contribution in [2.75, 3.05) is 7.11 Å². The number of hydrogen-bond acceptors (Lipinski definition) is 5. The van der Waals surface area contributed by atoms with Gasteiger partial charge in [0, 0.05) is 49.1 Å². The Hall–Kier alpha value is -3.68. The van der Waals surface area contributed by atoms with Crippen molar-refractivity contribution in [3.05, 3.63) is 65.7 Å². The van der Waals surface area contributed by atoms with E-state index in [9.17, 15) is 4.79 Å². The number of para-hydroxylation sites is 1. The molecule has 4 aromatic rings. The summed E-state index contributed by atoms with van der Waals surface area (Å²) in [6.07, 6.45) is 6.39. The number of methoxy groups -OCH3 is 1. The number of carbonyl (C=O) groups is 1. The molecule has 2 bridgehead atoms. The quantitative estimate of drug-likeness (QED) is 0.515. The van der Waals surface area contributed by atoms with Gasteiger partial charge in [-0.3, -0.25) is 9.48 Å². The molecule has 0 aliphatic carbocycles. The van der Waals surface area contributed by atoms with Crippen molar-refractivity contribution in [2.45, 2.75) is 31.3 Å². The smallest absolute Gasteiger partial charge is 0.275 e. The Balaban J connectivity index is 1.43. The third-order valence-corrected chi connectivity index (χ3v) is 6.46. The summed E-state index contributed by atoms with van der Waals surface area (Å²) in [5.74, 6) is 0.779. The predicted molar refractivity (Wildman–Crippen MR) is 114 cm³/mol. The molecule has 1 saturated heterocycles. The van der Waals surface area contributed by atoms with E-state index in [1.165, 1.54) is 0 Å². The van der Waals surface area contributed by atoms with Crippen LogP contribution < -0.4 is 4.74 Å². The molecule has 5 heterocycles. The Morgan fingerprint density at radius 2 is 2.03 bits per heavy atom. The van der Waals surface area contributed by atoms with Gasteiger partial charge in [0.05, 0.1) is 24.5 Å². The van der Waals surface area contributed by atoms with Gasteiger partial charge in [-0.25, -0.2) is 9.50 Å². The molecule has 1 amide bonds. The van der Waals surface area contributed by atoms with Gasteiger partial charge in [0.1, 0.15) is 11.4 Å². The van der Waals surface area contributed by atoms with Crippen molar-refractivity contribution in [3.63, 3.8) is 0 Å². The van der Waals surface area contributed by atoms with Gasteiger partial charge in [-0.05, 0) is 31.0 Å². The summed E-state index contributed by atoms with van der Waals surface area (Å²) in [4.78, 5) is 19.9. The highest BCUT2D eigenvalue weighted by Gasteiger charge is 2.44. The highest BCUT2D eigenvalue weighted by Crippen LogP contribution is 2.44. The fourth-order valence-corrected chi connectivity index (χ4v) is 5.05. The largest absolute Gasteiger partial charge is 0.496 e. The van der Waals surface area contributed by atoms with E-state index in [0.717, 1.165) is 53.2 Å². The molecular weight excluding hydrogens is 392 g/mol. The topological polar surface area (TPSA) is 77.5 Å². The van der Waals surface area contributed by atoms with Crippen LogP contribution in [-0.2, 0) is 13.5 Å². The number of aromatic nitrogens is 5. The molecule has 2 atom stereocenters. The van der Waals surface area contributed by atoms with Crippen LogP contribution in [0.1, 0.15) is 40.6 Å². The molecule has 0 radical (unpaired) electrons. The summed E-state index contributed by atoms with van der Waals surface area (Å²) >= 11 is 0. The fraction of sp³-hybridized carbons (Fsp3) is 0.304. The number of carbonyl (C=O) groups excluding carboxylic acids is 1. The molecule has 0 unspecified atom stereocenters. The summed E-state index contributed by atoms with van der Waals surface area (Å²) in [5.41, 5.74) is 5.30. The summed E-state index contributed by atoms with van der Waals surface area (Å²) in [6, 6.07) is 11.8. The van der Waals surface area contributed by atoms with Crippen molar-refractivity contribution >= 4 is 11.6 Å². The Morgan fingerprint density at radius 3 is 2.84 bits per heavy atom. The van der Waals surface area contributed by atoms with Gasteiger partial charge < -0.3 is 9.64 Å². The summed E-state index contributed by atoms with van der Waals surface area (Å²) in [5, 5.41) is 9.21. The molecule has 0 saturated carbocycles. The van der Waals surface area contributed by atoms with E-state index in [1.54, 1.807) is 24.1 Å². The third kappa shape index (κ3) is 2.67. The van der Waals surface area contributed by atoms with Crippen LogP contribution in [0.4, 0.5) is 0 Å². The Bertz CT molecular complexity index is 1320. The van der Waals surface area contributed by atoms with Gasteiger partial charge in [-0.1, -0.05) is 12.1 Å². The van der Waals surface area contributed by atoms with Crippen molar-refractivity contribution in [1.82, 2.24) is 29.3 Å². The minimum absolute atomic E-state index is 0.00553. The first-order chi connectivity index (χ1) is 15.1. The highest BCUT2D eigenvalue weighted by atomic mass is 16.5. The normalized spacial score (nSPS) is 19.6. The van der Waals surface area contributed by atoms with Crippen molar-refractivity contribution in [3.8, 4) is 17.0 Å². The van der Waals surface area contributed by atoms with Crippen molar-refractivity contribution < 1.29 is 9.53 Å². The third-order valence-electron chi connectivity index (χ3n) is 6.46. The van der Waals surface area contributed by atoms with Crippen LogP contribution in [-0.4, -0.2) is 48.3 Å². The molecule has 6 rings (SSSR count). The second-order valence-corrected chi connectivity index (χ2v) is 8.20. The molecule has 8 nitrogen and oxygen atoms in total. The molecule has 2 aliphatic heterocycles. The van der Waals surface area contributed by atoms with Gasteiger partial charge in [0.2, 0.25) is 0 Å². The van der Waals surface area contributed by atoms with E-state index in [0.29, 0.717) is 5.69 Å². The van der Waals surface area contributed by atoms with E-state index in [2.05, 4.69) is 10.1 Å². The average molecular weight is 414 g/mol. The number of rotatable bonds is 3. The lowest BCUT2D eigenvalue weighted by atomic mass is 9.98. The first kappa shape index (κ1) is 18.1. The SMILES string of the molecule is COc1ccccc1-c1cc2ncc3c(n2n1)C[C@H]1CC[C@@H]3N1C(=O)c1ccn(C)n1. The molecule has 1 aromatic carbocycles. The average Bonchev–Trinajstić information content (AvgIpc) is 3.50. The Morgan fingerprint density at radius 1 is 1.16 bits per heavy atom. The fourth-order valence-electron chi connectivity index (χ4n) is 5.05. The first-order valence-corrected chi connectivity index (χ1v) is 10.5. The van der Waals surface area contributed by atoms with Crippen molar-refractivity contribution in [1.29, 1.82) is 0 Å². The lowest BCUT2D eigenvalue weighted by Crippen LogP contribution is -2.43. The molecular formula is C23H22N6O2. The van der Waals surface area contributed by atoms with Crippen LogP contribution in [0.25, 0.3) is 16.9 Å². The first-order valence-electron chi connectivity index (χ1n) is 10.5. The molecule has 8 heteroatoms. The van der Waals surface area contributed by atoms with E-state index in [4.69, 9.17) is 9.84 Å². The predicted octanol–water partition coefficient (Wildman–Crippen LogP) is 3.04. The maximum atomic E-state index is 13.2. The number of aryl methyl sites for hydroxylation is 1. The molecule has 1 fully saturated rings. The maximum Gasteiger partial charge on any atom is 0.275 e. The van der Waals surface area contributed by atoms with E-state index in [1.807, 2.05) is 53.0 Å². The number of fused-ring (bicyclic) bond motifs is 6. The summed E-state index contributed by atoms with van der Waals surface area (Å²) in [7, 11) is 3.49. The zero-order valence-corrected chi connectivity index (χ0v) is 17.4. The van der Waals surface area contributed by atoms with Crippen LogP contribution in [0.2, 0.25) is 0 Å². The van der Waals surface area contributed by atoms with Crippen molar-refractivity contribution in [2.24, 2.45) is 7.05 Å². The maximum absolute atomic E-state index is 13.2. The van der Waals surface area contributed by atoms with E-state index in [-0.39, 0.29) is 18.0 Å². The van der Waals surface area contributed by atoms with Crippen LogP contribution in [0, 0.1) is 0 Å². The molecule has 3 aromatic heterocycles. The number of ether oxygens (including phenoxy) is 1. The summed E-state index contributed by atoms with van der Waals surface area (Å²) in [6.45, 7) is 0. The molecule has 0 N–H and O–H groups in total. The second kappa shape index (κ2) is 6.66. The van der Waals surface area contributed by atoms with E-state index >= 15 is 0 Å². The Labute approximate surface area is 179 Å². The molecule has 31 heavy (non-hydrogen) atoms. The van der Waals surface area contributed by atoms with Gasteiger partial charge in [-0.15, -0.1) is 0 Å². The van der Waals surface area contributed by atoms with Crippen LogP contribution in [0.5, 0.6) is 5.75 Å². The molecule has 156 valence electrons. The standard InChI is InChI=1S/C23H22N6O2/c1-27-10-9-17(25-27)23(30)28-14-7-8-19(28)16-13-24-22-12-18(26-29(22)20(16)11-14)15-5-3-4-6-21(15)31-2/h3-6,9-10,12-14,19H,7-8,11H2,1-2H3/t14-,19+/m1/s1. The zero-order valence-electron chi connectivity index (χ0n) is 17.4. The second-order valence-electron chi connectivity index (χ2n) is 8.20.